The molecule has 1 aliphatic rings. The monoisotopic (exact) mass is 443 g/mol. The van der Waals surface area contributed by atoms with Crippen LogP contribution in [0.15, 0.2) is 53.8 Å². The Bertz CT molecular complexity index is 1160. The fourth-order valence-electron chi connectivity index (χ4n) is 4.17. The Hall–Kier alpha value is -3.65. The van der Waals surface area contributed by atoms with Crippen molar-refractivity contribution in [3.63, 3.8) is 0 Å². The van der Waals surface area contributed by atoms with Crippen molar-refractivity contribution in [2.45, 2.75) is 46.1 Å². The lowest BCUT2D eigenvalue weighted by Crippen LogP contribution is -2.15. The summed E-state index contributed by atoms with van der Waals surface area (Å²) in [6.45, 7) is 8.23. The number of rotatable bonds is 9. The van der Waals surface area contributed by atoms with Crippen LogP contribution in [0.1, 0.15) is 60.0 Å². The quantitative estimate of drug-likeness (QED) is 0.347. The zero-order valence-electron chi connectivity index (χ0n) is 19.2. The largest absolute Gasteiger partial charge is 0.359 e. The van der Waals surface area contributed by atoms with Gasteiger partial charge in [-0.15, -0.1) is 0 Å². The first-order chi connectivity index (χ1) is 16.0. The molecule has 0 aromatic carbocycles. The number of nitrogens with one attached hydrogen (secondary N) is 3. The maximum Gasteiger partial charge on any atom is 0.273 e. The minimum absolute atomic E-state index is 0.229. The van der Waals surface area contributed by atoms with Crippen LogP contribution in [0.5, 0.6) is 0 Å². The average molecular weight is 444 g/mol. The Kier molecular flexibility index (Phi) is 7.04. The highest BCUT2D eigenvalue weighted by molar-refractivity contribution is 6.32. The zero-order valence-corrected chi connectivity index (χ0v) is 19.2. The second-order valence-corrected chi connectivity index (χ2v) is 8.40. The van der Waals surface area contributed by atoms with E-state index >= 15 is 0 Å². The highest BCUT2D eigenvalue weighted by Gasteiger charge is 2.26. The minimum atomic E-state index is -0.229. The standard InChI is InChI=1S/C25H29N7O/c1-16(2)23-19(5-4-9-27-14-18-6-10-26-11-7-18)17(3)30-22(23)13-20-24(31-32-25(20)33)21-8-12-28-15-29-21/h6-8,10-13,15-16,27,30H,4-5,9,14H2,1-3H3,(H,32,33). The highest BCUT2D eigenvalue weighted by Crippen LogP contribution is 2.30. The third kappa shape index (κ3) is 5.23. The van der Waals surface area contributed by atoms with Crippen LogP contribution in [-0.4, -0.2) is 38.1 Å². The van der Waals surface area contributed by atoms with E-state index in [-0.39, 0.29) is 5.91 Å². The van der Waals surface area contributed by atoms with Gasteiger partial charge in [0.05, 0.1) is 11.3 Å². The third-order valence-electron chi connectivity index (χ3n) is 5.71. The van der Waals surface area contributed by atoms with Crippen LogP contribution in [0, 0.1) is 6.92 Å². The molecule has 4 heterocycles. The molecule has 3 aromatic rings. The molecule has 0 radical (unpaired) electrons. The molecule has 8 heteroatoms. The van der Waals surface area contributed by atoms with Gasteiger partial charge < -0.3 is 10.3 Å². The van der Waals surface area contributed by atoms with E-state index in [9.17, 15) is 4.79 Å². The van der Waals surface area contributed by atoms with Crippen LogP contribution in [0.4, 0.5) is 0 Å². The smallest absolute Gasteiger partial charge is 0.273 e. The number of H-pyrrole nitrogens is 1. The summed E-state index contributed by atoms with van der Waals surface area (Å²) in [5, 5.41) is 7.70. The van der Waals surface area contributed by atoms with Gasteiger partial charge in [-0.3, -0.25) is 9.78 Å². The Labute approximate surface area is 193 Å². The number of hydrogen-bond acceptors (Lipinski definition) is 6. The first-order valence-corrected chi connectivity index (χ1v) is 11.2. The van der Waals surface area contributed by atoms with Gasteiger partial charge in [0.15, 0.2) is 0 Å². The number of carbonyl (C=O) groups is 1. The lowest BCUT2D eigenvalue weighted by Gasteiger charge is -2.11. The lowest BCUT2D eigenvalue weighted by atomic mass is 9.93. The van der Waals surface area contributed by atoms with Gasteiger partial charge in [-0.05, 0) is 73.2 Å². The summed E-state index contributed by atoms with van der Waals surface area (Å²) in [7, 11) is 0. The molecular weight excluding hydrogens is 414 g/mol. The van der Waals surface area contributed by atoms with Gasteiger partial charge in [-0.2, -0.15) is 5.10 Å². The zero-order chi connectivity index (χ0) is 23.2. The van der Waals surface area contributed by atoms with Crippen molar-refractivity contribution in [1.29, 1.82) is 0 Å². The molecule has 3 N–H and O–H groups in total. The molecule has 0 fully saturated rings. The predicted molar refractivity (Wildman–Crippen MR) is 129 cm³/mol. The fraction of sp³-hybridized carbons (Fsp3) is 0.320. The second kappa shape index (κ2) is 10.3. The van der Waals surface area contributed by atoms with Crippen LogP contribution in [0.25, 0.3) is 6.08 Å². The van der Waals surface area contributed by atoms with E-state index in [1.807, 2.05) is 30.6 Å². The van der Waals surface area contributed by atoms with Gasteiger partial charge in [0.25, 0.3) is 5.91 Å². The fourth-order valence-corrected chi connectivity index (χ4v) is 4.17. The van der Waals surface area contributed by atoms with Gasteiger partial charge >= 0.3 is 0 Å². The molecule has 33 heavy (non-hydrogen) atoms. The SMILES string of the molecule is Cc1[nH]c(C=C2C(=O)NN=C2c2ccncn2)c(C(C)C)c1CCCNCc1ccncc1. The molecular formula is C25H29N7O. The normalized spacial score (nSPS) is 14.7. The lowest BCUT2D eigenvalue weighted by molar-refractivity contribution is -0.116. The number of aromatic nitrogens is 4. The van der Waals surface area contributed by atoms with E-state index < -0.39 is 0 Å². The third-order valence-corrected chi connectivity index (χ3v) is 5.71. The van der Waals surface area contributed by atoms with E-state index in [1.165, 1.54) is 23.0 Å². The van der Waals surface area contributed by atoms with Gasteiger partial charge in [-0.25, -0.2) is 15.4 Å². The van der Waals surface area contributed by atoms with Crippen LogP contribution >= 0.6 is 0 Å². The highest BCUT2D eigenvalue weighted by atomic mass is 16.2. The van der Waals surface area contributed by atoms with Crippen LogP contribution in [0.3, 0.4) is 0 Å². The average Bonchev–Trinajstić information content (AvgIpc) is 3.34. The summed E-state index contributed by atoms with van der Waals surface area (Å²) >= 11 is 0. The summed E-state index contributed by atoms with van der Waals surface area (Å²) in [4.78, 5) is 28.3. The van der Waals surface area contributed by atoms with Crippen molar-refractivity contribution in [3.05, 3.63) is 82.5 Å². The number of aromatic amines is 1. The Morgan fingerprint density at radius 2 is 1.91 bits per heavy atom. The molecule has 0 saturated heterocycles. The van der Waals surface area contributed by atoms with E-state index in [2.05, 4.69) is 56.6 Å². The Balaban J connectivity index is 1.50. The van der Waals surface area contributed by atoms with Gasteiger partial charge in [0.1, 0.15) is 12.0 Å². The molecule has 0 unspecified atom stereocenters. The number of nitrogens with zero attached hydrogens (tertiary/aromatic N) is 4. The second-order valence-electron chi connectivity index (χ2n) is 8.40. The Morgan fingerprint density at radius 1 is 1.12 bits per heavy atom. The topological polar surface area (TPSA) is 108 Å². The Morgan fingerprint density at radius 3 is 2.64 bits per heavy atom. The molecule has 1 amide bonds. The van der Waals surface area contributed by atoms with Crippen molar-refractivity contribution >= 4 is 17.7 Å². The number of hydrogen-bond donors (Lipinski definition) is 3. The summed E-state index contributed by atoms with van der Waals surface area (Å²) in [6, 6.07) is 5.80. The predicted octanol–water partition coefficient (Wildman–Crippen LogP) is 3.27. The molecule has 8 nitrogen and oxygen atoms in total. The van der Waals surface area contributed by atoms with Crippen molar-refractivity contribution in [3.8, 4) is 0 Å². The van der Waals surface area contributed by atoms with Crippen molar-refractivity contribution in [2.24, 2.45) is 5.10 Å². The van der Waals surface area contributed by atoms with E-state index in [0.29, 0.717) is 22.9 Å². The number of aryl methyl sites for hydroxylation is 1. The number of carbonyl (C=O) groups excluding carboxylic acids is 1. The molecule has 4 rings (SSSR count). The van der Waals surface area contributed by atoms with Crippen molar-refractivity contribution in [2.75, 3.05) is 6.54 Å². The van der Waals surface area contributed by atoms with Crippen molar-refractivity contribution < 1.29 is 4.79 Å². The van der Waals surface area contributed by atoms with E-state index in [1.54, 1.807) is 12.3 Å². The summed E-state index contributed by atoms with van der Waals surface area (Å²) < 4.78 is 0. The molecule has 0 bridgehead atoms. The summed E-state index contributed by atoms with van der Waals surface area (Å²) in [5.41, 5.74) is 10.1. The minimum Gasteiger partial charge on any atom is -0.359 e. The summed E-state index contributed by atoms with van der Waals surface area (Å²) in [5.74, 6) is 0.0814. The van der Waals surface area contributed by atoms with Gasteiger partial charge in [-0.1, -0.05) is 13.8 Å². The maximum absolute atomic E-state index is 12.5. The molecule has 0 aliphatic carbocycles. The molecule has 170 valence electrons. The van der Waals surface area contributed by atoms with Crippen molar-refractivity contribution in [1.82, 2.24) is 30.7 Å². The van der Waals surface area contributed by atoms with Gasteiger partial charge in [0.2, 0.25) is 0 Å². The van der Waals surface area contributed by atoms with Crippen LogP contribution in [0.2, 0.25) is 0 Å². The van der Waals surface area contributed by atoms with Crippen LogP contribution in [-0.2, 0) is 17.8 Å². The molecule has 1 aliphatic heterocycles. The number of amides is 1. The maximum atomic E-state index is 12.5. The first kappa shape index (κ1) is 22.5. The molecule has 0 atom stereocenters. The molecule has 0 spiro atoms. The first-order valence-electron chi connectivity index (χ1n) is 11.2. The van der Waals surface area contributed by atoms with E-state index in [0.717, 1.165) is 37.3 Å². The number of hydrazone groups is 1. The van der Waals surface area contributed by atoms with Gasteiger partial charge in [0, 0.05) is 36.5 Å². The van der Waals surface area contributed by atoms with E-state index in [4.69, 9.17) is 0 Å². The molecule has 0 saturated carbocycles. The molecule has 3 aromatic heterocycles. The summed E-state index contributed by atoms with van der Waals surface area (Å²) in [6.07, 6.45) is 10.6. The van der Waals surface area contributed by atoms with Crippen LogP contribution < -0.4 is 10.7 Å². The number of pyridine rings is 1.